The lowest BCUT2D eigenvalue weighted by Crippen LogP contribution is -2.49. The van der Waals surface area contributed by atoms with E-state index >= 15 is 0 Å². The minimum absolute atomic E-state index is 0.0128. The van der Waals surface area contributed by atoms with E-state index in [2.05, 4.69) is 0 Å². The molecule has 1 rings (SSSR count). The lowest BCUT2D eigenvalue weighted by molar-refractivity contribution is -0.149. The smallest absolute Gasteiger partial charge is 0.151 e. The fraction of sp³-hybridized carbons (Fsp3) is 0.579. The molecule has 0 heterocycles. The number of carbonyl (C=O) groups is 2. The van der Waals surface area contributed by atoms with Gasteiger partial charge in [-0.05, 0) is 18.9 Å². The van der Waals surface area contributed by atoms with E-state index in [9.17, 15) is 9.59 Å². The van der Waals surface area contributed by atoms with Gasteiger partial charge in [-0.25, -0.2) is 0 Å². The van der Waals surface area contributed by atoms with Crippen LogP contribution in [0, 0.1) is 16.2 Å². The molecular weight excluding hydrogens is 260 g/mol. The van der Waals surface area contributed by atoms with Crippen molar-refractivity contribution in [3.05, 3.63) is 35.9 Å². The van der Waals surface area contributed by atoms with Gasteiger partial charge in [0.15, 0.2) is 11.6 Å². The summed E-state index contributed by atoms with van der Waals surface area (Å²) in [6, 6.07) is 9.78. The van der Waals surface area contributed by atoms with Crippen LogP contribution in [0.25, 0.3) is 0 Å². The third-order valence-corrected chi connectivity index (χ3v) is 3.77. The van der Waals surface area contributed by atoms with E-state index in [0.717, 1.165) is 5.56 Å². The highest BCUT2D eigenvalue weighted by Crippen LogP contribution is 2.38. The molecule has 0 saturated heterocycles. The summed E-state index contributed by atoms with van der Waals surface area (Å²) in [7, 11) is 0. The third-order valence-electron chi connectivity index (χ3n) is 3.77. The molecule has 0 radical (unpaired) electrons. The van der Waals surface area contributed by atoms with E-state index in [1.165, 1.54) is 0 Å². The van der Waals surface area contributed by atoms with Crippen LogP contribution in [0.3, 0.4) is 0 Å². The molecule has 0 aliphatic heterocycles. The summed E-state index contributed by atoms with van der Waals surface area (Å²) >= 11 is 0. The van der Waals surface area contributed by atoms with Crippen molar-refractivity contribution in [3.8, 4) is 0 Å². The molecular formula is C19H28O2. The van der Waals surface area contributed by atoms with Gasteiger partial charge in [0.05, 0.1) is 5.41 Å². The highest BCUT2D eigenvalue weighted by atomic mass is 16.2. The molecule has 0 atom stereocenters. The maximum atomic E-state index is 13.0. The number of carbonyl (C=O) groups excluding carboxylic acids is 2. The van der Waals surface area contributed by atoms with E-state index in [1.54, 1.807) is 6.92 Å². The van der Waals surface area contributed by atoms with Gasteiger partial charge < -0.3 is 0 Å². The second-order valence-electron chi connectivity index (χ2n) is 8.15. The summed E-state index contributed by atoms with van der Waals surface area (Å²) < 4.78 is 0. The average Bonchev–Trinajstić information content (AvgIpc) is 2.35. The first-order valence-corrected chi connectivity index (χ1v) is 7.53. The Morgan fingerprint density at radius 3 is 1.48 bits per heavy atom. The summed E-state index contributed by atoms with van der Waals surface area (Å²) in [6.07, 6.45) is 0.458. The van der Waals surface area contributed by atoms with Crippen LogP contribution in [0.15, 0.2) is 30.3 Å². The molecule has 21 heavy (non-hydrogen) atoms. The van der Waals surface area contributed by atoms with Crippen LogP contribution in [-0.2, 0) is 16.0 Å². The first-order chi connectivity index (χ1) is 9.39. The highest BCUT2D eigenvalue weighted by Gasteiger charge is 2.48. The average molecular weight is 288 g/mol. The molecule has 0 spiro atoms. The molecule has 0 aromatic heterocycles. The zero-order valence-electron chi connectivity index (χ0n) is 14.4. The predicted octanol–water partition coefficient (Wildman–Crippen LogP) is 4.47. The largest absolute Gasteiger partial charge is 0.298 e. The van der Waals surface area contributed by atoms with Crippen molar-refractivity contribution < 1.29 is 9.59 Å². The zero-order chi connectivity index (χ0) is 16.5. The maximum absolute atomic E-state index is 13.0. The number of hydrogen-bond acceptors (Lipinski definition) is 2. The Morgan fingerprint density at radius 1 is 0.762 bits per heavy atom. The van der Waals surface area contributed by atoms with Crippen molar-refractivity contribution in [1.29, 1.82) is 0 Å². The van der Waals surface area contributed by atoms with E-state index in [-0.39, 0.29) is 11.6 Å². The fourth-order valence-electron chi connectivity index (χ4n) is 2.92. The Bertz CT molecular complexity index is 487. The molecule has 1 aromatic rings. The fourth-order valence-corrected chi connectivity index (χ4v) is 2.92. The van der Waals surface area contributed by atoms with Gasteiger partial charge in [0, 0.05) is 10.8 Å². The van der Waals surface area contributed by atoms with Gasteiger partial charge in [-0.3, -0.25) is 9.59 Å². The summed E-state index contributed by atoms with van der Waals surface area (Å²) in [5, 5.41) is 0. The Labute approximate surface area is 128 Å². The van der Waals surface area contributed by atoms with Crippen molar-refractivity contribution >= 4 is 11.6 Å². The van der Waals surface area contributed by atoms with E-state index < -0.39 is 16.2 Å². The lowest BCUT2D eigenvalue weighted by atomic mass is 9.63. The minimum Gasteiger partial charge on any atom is -0.298 e. The Morgan fingerprint density at radius 2 is 1.14 bits per heavy atom. The summed E-state index contributed by atoms with van der Waals surface area (Å²) in [6.45, 7) is 13.1. The van der Waals surface area contributed by atoms with Crippen molar-refractivity contribution in [2.75, 3.05) is 0 Å². The van der Waals surface area contributed by atoms with E-state index in [4.69, 9.17) is 0 Å². The standard InChI is InChI=1S/C19H28O2/c1-17(2,3)15(20)19(7,16(21)18(4,5)6)13-14-11-9-8-10-12-14/h8-12H,13H2,1-7H3. The van der Waals surface area contributed by atoms with Gasteiger partial charge in [0.1, 0.15) is 0 Å². The molecule has 2 nitrogen and oxygen atoms in total. The number of rotatable bonds is 4. The number of hydrogen-bond donors (Lipinski definition) is 0. The molecule has 0 unspecified atom stereocenters. The molecule has 0 fully saturated rings. The van der Waals surface area contributed by atoms with Crippen molar-refractivity contribution in [2.24, 2.45) is 16.2 Å². The minimum atomic E-state index is -0.988. The zero-order valence-corrected chi connectivity index (χ0v) is 14.4. The number of benzene rings is 1. The molecule has 2 heteroatoms. The summed E-state index contributed by atoms with van der Waals surface area (Å²) in [4.78, 5) is 25.9. The van der Waals surface area contributed by atoms with Gasteiger partial charge in [-0.1, -0.05) is 71.9 Å². The van der Waals surface area contributed by atoms with Crippen LogP contribution >= 0.6 is 0 Å². The Hall–Kier alpha value is -1.44. The monoisotopic (exact) mass is 288 g/mol. The first-order valence-electron chi connectivity index (χ1n) is 7.53. The molecule has 0 aliphatic carbocycles. The third kappa shape index (κ3) is 4.03. The van der Waals surface area contributed by atoms with E-state index in [0.29, 0.717) is 6.42 Å². The summed E-state index contributed by atoms with van der Waals surface area (Å²) in [5.74, 6) is 0.0255. The predicted molar refractivity (Wildman–Crippen MR) is 87.2 cm³/mol. The molecule has 0 bridgehead atoms. The summed E-state index contributed by atoms with van der Waals surface area (Å²) in [5.41, 5.74) is -1.04. The molecule has 0 saturated carbocycles. The van der Waals surface area contributed by atoms with E-state index in [1.807, 2.05) is 71.9 Å². The number of Topliss-reactive ketones (excluding diaryl/α,β-unsaturated/α-hetero) is 2. The SMILES string of the molecule is CC(C)(C)C(=O)C(C)(Cc1ccccc1)C(=O)C(C)(C)C. The topological polar surface area (TPSA) is 34.1 Å². The van der Waals surface area contributed by atoms with Crippen LogP contribution in [0.4, 0.5) is 0 Å². The van der Waals surface area contributed by atoms with Gasteiger partial charge in [-0.2, -0.15) is 0 Å². The van der Waals surface area contributed by atoms with Crippen molar-refractivity contribution in [2.45, 2.75) is 54.9 Å². The van der Waals surface area contributed by atoms with Gasteiger partial charge in [0.2, 0.25) is 0 Å². The van der Waals surface area contributed by atoms with Crippen LogP contribution in [0.2, 0.25) is 0 Å². The lowest BCUT2D eigenvalue weighted by Gasteiger charge is -2.37. The second kappa shape index (κ2) is 5.75. The van der Waals surface area contributed by atoms with Crippen LogP contribution in [0.5, 0.6) is 0 Å². The van der Waals surface area contributed by atoms with Crippen LogP contribution in [-0.4, -0.2) is 11.6 Å². The number of ketones is 2. The Kier molecular flexibility index (Phi) is 4.82. The van der Waals surface area contributed by atoms with Crippen LogP contribution in [0.1, 0.15) is 54.0 Å². The first kappa shape index (κ1) is 17.6. The van der Waals surface area contributed by atoms with Gasteiger partial charge in [-0.15, -0.1) is 0 Å². The van der Waals surface area contributed by atoms with Gasteiger partial charge >= 0.3 is 0 Å². The molecule has 116 valence electrons. The Balaban J connectivity index is 3.30. The van der Waals surface area contributed by atoms with Crippen molar-refractivity contribution in [3.63, 3.8) is 0 Å². The molecule has 0 aliphatic rings. The quantitative estimate of drug-likeness (QED) is 0.766. The second-order valence-corrected chi connectivity index (χ2v) is 8.15. The highest BCUT2D eigenvalue weighted by molar-refractivity contribution is 6.10. The normalized spacial score (nSPS) is 13.1. The maximum Gasteiger partial charge on any atom is 0.151 e. The molecule has 0 N–H and O–H groups in total. The molecule has 1 aromatic carbocycles. The van der Waals surface area contributed by atoms with Gasteiger partial charge in [0.25, 0.3) is 0 Å². The molecule has 0 amide bonds. The van der Waals surface area contributed by atoms with Crippen molar-refractivity contribution in [1.82, 2.24) is 0 Å². The van der Waals surface area contributed by atoms with Crippen LogP contribution < -0.4 is 0 Å².